The highest BCUT2D eigenvalue weighted by Crippen LogP contribution is 2.33. The zero-order valence-corrected chi connectivity index (χ0v) is 21.1. The van der Waals surface area contributed by atoms with Crippen LogP contribution < -0.4 is 4.90 Å². The highest BCUT2D eigenvalue weighted by atomic mass is 79.9. The fourth-order valence-electron chi connectivity index (χ4n) is 3.36. The first-order valence-electron chi connectivity index (χ1n) is 10.3. The summed E-state index contributed by atoms with van der Waals surface area (Å²) in [5.41, 5.74) is 0.865. The third-order valence-electron chi connectivity index (χ3n) is 5.30. The lowest BCUT2D eigenvalue weighted by molar-refractivity contribution is -0.192. The number of amides is 1. The number of aliphatic carboxylic acids is 1. The minimum atomic E-state index is -5.08. The number of nitriles is 1. The van der Waals surface area contributed by atoms with Crippen molar-refractivity contribution in [3.05, 3.63) is 22.7 Å². The second-order valence-corrected chi connectivity index (χ2v) is 10.6. The van der Waals surface area contributed by atoms with E-state index in [1.807, 2.05) is 0 Å². The monoisotopic (exact) mass is 584 g/mol. The Balaban J connectivity index is 0.000000540. The molecule has 0 spiro atoms. The lowest BCUT2D eigenvalue weighted by Crippen LogP contribution is -2.46. The number of carboxylic acid groups (broad SMARTS) is 1. The second-order valence-electron chi connectivity index (χ2n) is 7.73. The summed E-state index contributed by atoms with van der Waals surface area (Å²) < 4.78 is 64.5. The Morgan fingerprint density at radius 1 is 1.29 bits per heavy atom. The molecule has 2 aliphatic heterocycles. The lowest BCUT2D eigenvalue weighted by atomic mass is 10.1. The van der Waals surface area contributed by atoms with Gasteiger partial charge in [-0.25, -0.2) is 13.2 Å². The van der Waals surface area contributed by atoms with Crippen LogP contribution in [0.4, 0.5) is 18.9 Å². The average Bonchev–Trinajstić information content (AvgIpc) is 3.28. The van der Waals surface area contributed by atoms with Crippen LogP contribution in [0.1, 0.15) is 6.42 Å². The Bertz CT molecular complexity index is 1070. The summed E-state index contributed by atoms with van der Waals surface area (Å²) in [6.45, 7) is 3.09. The molecule has 1 amide bonds. The first kappa shape index (κ1) is 28.8. The molecule has 15 heteroatoms. The molecule has 194 valence electrons. The largest absolute Gasteiger partial charge is 0.490 e. The minimum absolute atomic E-state index is 0.00681. The van der Waals surface area contributed by atoms with E-state index in [0.29, 0.717) is 37.3 Å². The highest BCUT2D eigenvalue weighted by Gasteiger charge is 2.38. The van der Waals surface area contributed by atoms with Crippen molar-refractivity contribution in [1.29, 1.82) is 5.26 Å². The van der Waals surface area contributed by atoms with Gasteiger partial charge in [0.2, 0.25) is 15.9 Å². The zero-order chi connectivity index (χ0) is 26.4. The summed E-state index contributed by atoms with van der Waals surface area (Å²) >= 11 is 3.46. The Morgan fingerprint density at radius 2 is 1.89 bits per heavy atom. The predicted octanol–water partition coefficient (Wildman–Crippen LogP) is 1.91. The number of halogens is 4. The molecule has 2 fully saturated rings. The molecule has 2 saturated heterocycles. The van der Waals surface area contributed by atoms with E-state index in [2.05, 4.69) is 26.9 Å². The molecule has 3 rings (SSSR count). The van der Waals surface area contributed by atoms with Crippen LogP contribution in [0, 0.1) is 17.2 Å². The quantitative estimate of drug-likeness (QED) is 0.555. The van der Waals surface area contributed by atoms with E-state index >= 15 is 0 Å². The molecule has 35 heavy (non-hydrogen) atoms. The summed E-state index contributed by atoms with van der Waals surface area (Å²) in [4.78, 5) is 25.1. The Labute approximate surface area is 209 Å². The number of carbonyl (C=O) groups is 2. The number of benzene rings is 1. The molecule has 10 nitrogen and oxygen atoms in total. The molecule has 1 unspecified atom stereocenters. The van der Waals surface area contributed by atoms with E-state index in [0.717, 1.165) is 23.0 Å². The van der Waals surface area contributed by atoms with Crippen molar-refractivity contribution in [2.75, 3.05) is 57.9 Å². The van der Waals surface area contributed by atoms with Crippen LogP contribution in [-0.4, -0.2) is 93.8 Å². The van der Waals surface area contributed by atoms with E-state index in [-0.39, 0.29) is 23.3 Å². The highest BCUT2D eigenvalue weighted by molar-refractivity contribution is 9.10. The maximum absolute atomic E-state index is 12.9. The Morgan fingerprint density at radius 3 is 2.37 bits per heavy atom. The normalized spacial score (nSPS) is 18.6. The van der Waals surface area contributed by atoms with Gasteiger partial charge < -0.3 is 19.6 Å². The van der Waals surface area contributed by atoms with Crippen LogP contribution in [0.3, 0.4) is 0 Å². The van der Waals surface area contributed by atoms with Gasteiger partial charge in [0.1, 0.15) is 0 Å². The molecule has 0 bridgehead atoms. The van der Waals surface area contributed by atoms with Crippen molar-refractivity contribution in [1.82, 2.24) is 9.21 Å². The van der Waals surface area contributed by atoms with Crippen LogP contribution in [-0.2, 0) is 24.3 Å². The number of carbonyl (C=O) groups excluding carboxylic acids is 1. The number of ether oxygens (including phenoxy) is 1. The molecule has 1 N–H and O–H groups in total. The second kappa shape index (κ2) is 12.0. The Hall–Kier alpha value is -2.41. The van der Waals surface area contributed by atoms with E-state index < -0.39 is 22.2 Å². The summed E-state index contributed by atoms with van der Waals surface area (Å²) in [6.07, 6.45) is -4.28. The van der Waals surface area contributed by atoms with Crippen LogP contribution >= 0.6 is 15.9 Å². The van der Waals surface area contributed by atoms with Crippen molar-refractivity contribution in [3.8, 4) is 6.07 Å². The number of sulfonamides is 1. The summed E-state index contributed by atoms with van der Waals surface area (Å²) in [5.74, 6) is -3.00. The molecular weight excluding hydrogens is 561 g/mol. The third kappa shape index (κ3) is 7.79. The molecule has 0 saturated carbocycles. The molecular formula is C20H24BrF3N4O6S. The fraction of sp³-hybridized carbons (Fsp3) is 0.550. The van der Waals surface area contributed by atoms with Crippen LogP contribution in [0.25, 0.3) is 0 Å². The van der Waals surface area contributed by atoms with Gasteiger partial charge in [-0.1, -0.05) is 0 Å². The summed E-state index contributed by atoms with van der Waals surface area (Å²) in [5, 5.41) is 16.2. The van der Waals surface area contributed by atoms with Gasteiger partial charge in [-0.05, 0) is 40.5 Å². The topological polar surface area (TPSA) is 131 Å². The number of morpholine rings is 1. The molecule has 0 radical (unpaired) electrons. The lowest BCUT2D eigenvalue weighted by Gasteiger charge is -2.28. The van der Waals surface area contributed by atoms with Crippen molar-refractivity contribution in [3.63, 3.8) is 0 Å². The molecule has 2 heterocycles. The van der Waals surface area contributed by atoms with E-state index in [9.17, 15) is 26.4 Å². The van der Waals surface area contributed by atoms with E-state index in [1.54, 1.807) is 23.1 Å². The van der Waals surface area contributed by atoms with Gasteiger partial charge in [0.15, 0.2) is 0 Å². The van der Waals surface area contributed by atoms with Crippen molar-refractivity contribution >= 4 is 43.5 Å². The van der Waals surface area contributed by atoms with Crippen LogP contribution in [0.15, 0.2) is 27.6 Å². The van der Waals surface area contributed by atoms with Gasteiger partial charge in [-0.15, -0.1) is 0 Å². The van der Waals surface area contributed by atoms with Crippen LogP contribution in [0.2, 0.25) is 0 Å². The number of alkyl halides is 3. The number of anilines is 1. The molecule has 1 aromatic carbocycles. The molecule has 2 aliphatic rings. The summed E-state index contributed by atoms with van der Waals surface area (Å²) in [6, 6.07) is 7.12. The van der Waals surface area contributed by atoms with Crippen molar-refractivity contribution in [2.24, 2.45) is 5.92 Å². The first-order valence-corrected chi connectivity index (χ1v) is 12.6. The third-order valence-corrected chi connectivity index (χ3v) is 7.74. The number of nitrogens with zero attached hydrogens (tertiary/aromatic N) is 4. The molecule has 0 aromatic heterocycles. The number of carboxylic acids is 1. The van der Waals surface area contributed by atoms with Crippen LogP contribution in [0.5, 0.6) is 0 Å². The zero-order valence-electron chi connectivity index (χ0n) is 18.7. The minimum Gasteiger partial charge on any atom is -0.475 e. The maximum atomic E-state index is 12.9. The Kier molecular flexibility index (Phi) is 9.90. The smallest absolute Gasteiger partial charge is 0.475 e. The summed E-state index contributed by atoms with van der Waals surface area (Å²) in [7, 11) is -2.39. The molecule has 1 aromatic rings. The van der Waals surface area contributed by atoms with Gasteiger partial charge in [-0.3, -0.25) is 4.79 Å². The number of likely N-dealkylation sites (N-methyl/N-ethyl adjacent to an activating group) is 1. The number of rotatable bonds is 5. The van der Waals surface area contributed by atoms with Gasteiger partial charge in [0.05, 0.1) is 42.3 Å². The number of hydrogen-bond acceptors (Lipinski definition) is 7. The SMILES string of the molecule is CN(CC(=O)N1CCOCC1)S(=O)(=O)c1ccc(N2CCC(C#N)C2)c(Br)c1.O=C(O)C(F)(F)F. The number of hydrogen-bond donors (Lipinski definition) is 1. The first-order chi connectivity index (χ1) is 16.3. The fourth-order valence-corrected chi connectivity index (χ4v) is 5.29. The standard InChI is InChI=1S/C18H23BrN4O4S.C2HF3O2/c1-21(13-18(24)22-6-8-27-9-7-22)28(25,26)15-2-3-17(16(19)10-15)23-5-4-14(11-20)12-23;3-2(4,5)1(6)7/h2-3,10,14H,4-9,12-13H2,1H3;(H,6,7). The van der Waals surface area contributed by atoms with Gasteiger partial charge in [-0.2, -0.15) is 22.7 Å². The van der Waals surface area contributed by atoms with E-state index in [4.69, 9.17) is 19.9 Å². The van der Waals surface area contributed by atoms with Crippen molar-refractivity contribution in [2.45, 2.75) is 17.5 Å². The molecule has 0 aliphatic carbocycles. The van der Waals surface area contributed by atoms with Gasteiger partial charge >= 0.3 is 12.1 Å². The van der Waals surface area contributed by atoms with Gasteiger partial charge in [0, 0.05) is 37.7 Å². The predicted molar refractivity (Wildman–Crippen MR) is 121 cm³/mol. The molecule has 1 atom stereocenters. The average molecular weight is 585 g/mol. The maximum Gasteiger partial charge on any atom is 0.490 e. The van der Waals surface area contributed by atoms with E-state index in [1.165, 1.54) is 7.05 Å². The van der Waals surface area contributed by atoms with Crippen molar-refractivity contribution < 1.29 is 41.0 Å². The van der Waals surface area contributed by atoms with Gasteiger partial charge in [0.25, 0.3) is 0 Å².